The summed E-state index contributed by atoms with van der Waals surface area (Å²) in [5.74, 6) is -0.188. The maximum absolute atomic E-state index is 13.4. The normalized spacial score (nSPS) is 13.7. The molecule has 0 amide bonds. The van der Waals surface area contributed by atoms with Gasteiger partial charge in [-0.1, -0.05) is 23.8 Å². The highest BCUT2D eigenvalue weighted by Gasteiger charge is 2.22. The second-order valence-corrected chi connectivity index (χ2v) is 5.01. The summed E-state index contributed by atoms with van der Waals surface area (Å²) in [5.41, 5.74) is 11.4. The standard InChI is InChI=1S/C16H17FN2/c1-11-2-5-15(13(8-11)10-18)19-7-6-12-3-4-14(17)9-16(12)19/h2-5,8-9H,6-7,10,18H2,1H3. The Labute approximate surface area is 112 Å². The number of fused-ring (bicyclic) bond motifs is 1. The van der Waals surface area contributed by atoms with Gasteiger partial charge in [0.25, 0.3) is 0 Å². The van der Waals surface area contributed by atoms with Crippen molar-refractivity contribution in [2.75, 3.05) is 11.4 Å². The van der Waals surface area contributed by atoms with Crippen LogP contribution in [0.2, 0.25) is 0 Å². The van der Waals surface area contributed by atoms with Gasteiger partial charge in [0, 0.05) is 24.5 Å². The first-order valence-corrected chi connectivity index (χ1v) is 6.54. The van der Waals surface area contributed by atoms with Crippen molar-refractivity contribution >= 4 is 11.4 Å². The third kappa shape index (κ3) is 2.10. The lowest BCUT2D eigenvalue weighted by atomic mass is 10.1. The molecule has 98 valence electrons. The molecule has 1 heterocycles. The summed E-state index contributed by atoms with van der Waals surface area (Å²) in [6.45, 7) is 3.44. The van der Waals surface area contributed by atoms with E-state index in [1.165, 1.54) is 17.2 Å². The van der Waals surface area contributed by atoms with Crippen molar-refractivity contribution in [2.24, 2.45) is 5.73 Å². The zero-order valence-electron chi connectivity index (χ0n) is 11.0. The molecular weight excluding hydrogens is 239 g/mol. The molecule has 1 aliphatic heterocycles. The number of anilines is 2. The highest BCUT2D eigenvalue weighted by atomic mass is 19.1. The lowest BCUT2D eigenvalue weighted by molar-refractivity contribution is 0.628. The molecular formula is C16H17FN2. The summed E-state index contributed by atoms with van der Waals surface area (Å²) in [6, 6.07) is 11.3. The van der Waals surface area contributed by atoms with Gasteiger partial charge in [0.1, 0.15) is 5.82 Å². The van der Waals surface area contributed by atoms with Crippen LogP contribution < -0.4 is 10.6 Å². The van der Waals surface area contributed by atoms with Crippen LogP contribution in [-0.4, -0.2) is 6.54 Å². The molecule has 2 nitrogen and oxygen atoms in total. The van der Waals surface area contributed by atoms with Crippen molar-refractivity contribution in [2.45, 2.75) is 19.9 Å². The zero-order valence-corrected chi connectivity index (χ0v) is 11.0. The van der Waals surface area contributed by atoms with Gasteiger partial charge in [-0.3, -0.25) is 0 Å². The molecule has 0 radical (unpaired) electrons. The maximum Gasteiger partial charge on any atom is 0.125 e. The molecule has 0 bridgehead atoms. The second-order valence-electron chi connectivity index (χ2n) is 5.01. The molecule has 19 heavy (non-hydrogen) atoms. The SMILES string of the molecule is Cc1ccc(N2CCc3ccc(F)cc32)c(CN)c1. The Morgan fingerprint density at radius 3 is 2.79 bits per heavy atom. The minimum absolute atomic E-state index is 0.188. The molecule has 1 aliphatic rings. The van der Waals surface area contributed by atoms with Gasteiger partial charge in [0.15, 0.2) is 0 Å². The van der Waals surface area contributed by atoms with Crippen LogP contribution in [0.25, 0.3) is 0 Å². The molecule has 0 atom stereocenters. The van der Waals surface area contributed by atoms with Gasteiger partial charge in [-0.25, -0.2) is 4.39 Å². The van der Waals surface area contributed by atoms with Crippen molar-refractivity contribution in [3.63, 3.8) is 0 Å². The monoisotopic (exact) mass is 256 g/mol. The maximum atomic E-state index is 13.4. The van der Waals surface area contributed by atoms with Crippen LogP contribution in [0.1, 0.15) is 16.7 Å². The van der Waals surface area contributed by atoms with Gasteiger partial charge in [0.2, 0.25) is 0 Å². The summed E-state index contributed by atoms with van der Waals surface area (Å²) in [6.07, 6.45) is 0.952. The molecule has 0 saturated carbocycles. The number of hydrogen-bond acceptors (Lipinski definition) is 2. The molecule has 2 aromatic carbocycles. The summed E-state index contributed by atoms with van der Waals surface area (Å²) >= 11 is 0. The topological polar surface area (TPSA) is 29.3 Å². The Morgan fingerprint density at radius 2 is 2.00 bits per heavy atom. The lowest BCUT2D eigenvalue weighted by Crippen LogP contribution is -2.16. The largest absolute Gasteiger partial charge is 0.341 e. The van der Waals surface area contributed by atoms with Crippen LogP contribution in [0.5, 0.6) is 0 Å². The predicted molar refractivity (Wildman–Crippen MR) is 76.2 cm³/mol. The van der Waals surface area contributed by atoms with Crippen LogP contribution in [0.3, 0.4) is 0 Å². The lowest BCUT2D eigenvalue weighted by Gasteiger charge is -2.23. The highest BCUT2D eigenvalue weighted by Crippen LogP contribution is 2.36. The number of aryl methyl sites for hydroxylation is 1. The van der Waals surface area contributed by atoms with Gasteiger partial charge >= 0.3 is 0 Å². The summed E-state index contributed by atoms with van der Waals surface area (Å²) in [7, 11) is 0. The molecule has 0 aliphatic carbocycles. The Hall–Kier alpha value is -1.87. The third-order valence-corrected chi connectivity index (χ3v) is 3.69. The fourth-order valence-corrected chi connectivity index (χ4v) is 2.74. The number of nitrogens with zero attached hydrogens (tertiary/aromatic N) is 1. The Kier molecular flexibility index (Phi) is 2.99. The quantitative estimate of drug-likeness (QED) is 0.893. The van der Waals surface area contributed by atoms with Gasteiger partial charge in [0.05, 0.1) is 0 Å². The molecule has 3 rings (SSSR count). The van der Waals surface area contributed by atoms with Crippen molar-refractivity contribution in [1.82, 2.24) is 0 Å². The Balaban J connectivity index is 2.08. The van der Waals surface area contributed by atoms with E-state index < -0.39 is 0 Å². The van der Waals surface area contributed by atoms with Crippen LogP contribution >= 0.6 is 0 Å². The molecule has 0 aromatic heterocycles. The first kappa shape index (κ1) is 12.2. The van der Waals surface area contributed by atoms with Crippen LogP contribution in [0.15, 0.2) is 36.4 Å². The van der Waals surface area contributed by atoms with Crippen molar-refractivity contribution < 1.29 is 4.39 Å². The number of hydrogen-bond donors (Lipinski definition) is 1. The van der Waals surface area contributed by atoms with E-state index in [-0.39, 0.29) is 5.82 Å². The Bertz CT molecular complexity index is 622. The van der Waals surface area contributed by atoms with Crippen LogP contribution in [-0.2, 0) is 13.0 Å². The van der Waals surface area contributed by atoms with Gasteiger partial charge < -0.3 is 10.6 Å². The molecule has 0 spiro atoms. The van der Waals surface area contributed by atoms with Crippen LogP contribution in [0, 0.1) is 12.7 Å². The van der Waals surface area contributed by atoms with E-state index in [1.807, 2.05) is 6.07 Å². The Morgan fingerprint density at radius 1 is 1.16 bits per heavy atom. The van der Waals surface area contributed by atoms with Crippen molar-refractivity contribution in [1.29, 1.82) is 0 Å². The first-order chi connectivity index (χ1) is 9.19. The number of rotatable bonds is 2. The zero-order chi connectivity index (χ0) is 13.4. The molecule has 3 heteroatoms. The fourth-order valence-electron chi connectivity index (χ4n) is 2.74. The van der Waals surface area contributed by atoms with E-state index in [0.717, 1.165) is 29.9 Å². The fraction of sp³-hybridized carbons (Fsp3) is 0.250. The average molecular weight is 256 g/mol. The minimum atomic E-state index is -0.188. The molecule has 2 aromatic rings. The molecule has 0 fully saturated rings. The summed E-state index contributed by atoms with van der Waals surface area (Å²) in [5, 5.41) is 0. The van der Waals surface area contributed by atoms with Crippen molar-refractivity contribution in [3.8, 4) is 0 Å². The number of halogens is 1. The first-order valence-electron chi connectivity index (χ1n) is 6.54. The smallest absolute Gasteiger partial charge is 0.125 e. The predicted octanol–water partition coefficient (Wildman–Crippen LogP) is 3.29. The van der Waals surface area contributed by atoms with Gasteiger partial charge in [-0.05, 0) is 42.7 Å². The van der Waals surface area contributed by atoms with E-state index in [1.54, 1.807) is 6.07 Å². The van der Waals surface area contributed by atoms with E-state index in [0.29, 0.717) is 6.54 Å². The highest BCUT2D eigenvalue weighted by molar-refractivity contribution is 5.72. The summed E-state index contributed by atoms with van der Waals surface area (Å²) in [4.78, 5) is 2.17. The van der Waals surface area contributed by atoms with Crippen molar-refractivity contribution in [3.05, 3.63) is 58.9 Å². The number of benzene rings is 2. The van der Waals surface area contributed by atoms with Gasteiger partial charge in [-0.2, -0.15) is 0 Å². The second kappa shape index (κ2) is 4.67. The van der Waals surface area contributed by atoms with E-state index in [2.05, 4.69) is 30.0 Å². The molecule has 0 saturated heterocycles. The summed E-state index contributed by atoms with van der Waals surface area (Å²) < 4.78 is 13.4. The average Bonchev–Trinajstić information content (AvgIpc) is 2.81. The minimum Gasteiger partial charge on any atom is -0.341 e. The molecule has 0 unspecified atom stereocenters. The van der Waals surface area contributed by atoms with E-state index in [9.17, 15) is 4.39 Å². The number of nitrogens with two attached hydrogens (primary N) is 1. The third-order valence-electron chi connectivity index (χ3n) is 3.69. The molecule has 2 N–H and O–H groups in total. The van der Waals surface area contributed by atoms with Crippen LogP contribution in [0.4, 0.5) is 15.8 Å². The van der Waals surface area contributed by atoms with E-state index in [4.69, 9.17) is 5.73 Å². The van der Waals surface area contributed by atoms with Gasteiger partial charge in [-0.15, -0.1) is 0 Å². The van der Waals surface area contributed by atoms with E-state index >= 15 is 0 Å².